The summed E-state index contributed by atoms with van der Waals surface area (Å²) in [5.41, 5.74) is 5.10. The van der Waals surface area contributed by atoms with Gasteiger partial charge in [0, 0.05) is 26.2 Å². The van der Waals surface area contributed by atoms with Gasteiger partial charge in [-0.05, 0) is 25.1 Å². The highest BCUT2D eigenvalue weighted by Crippen LogP contribution is 2.15. The summed E-state index contributed by atoms with van der Waals surface area (Å²) in [6, 6.07) is 7.88. The van der Waals surface area contributed by atoms with Crippen molar-refractivity contribution in [2.24, 2.45) is 0 Å². The maximum atomic E-state index is 11.0. The Morgan fingerprint density at radius 1 is 1.38 bits per heavy atom. The normalized spacial score (nSPS) is 10.5. The van der Waals surface area contributed by atoms with Crippen molar-refractivity contribution in [3.8, 4) is 0 Å². The average Bonchev–Trinajstić information content (AvgIpc) is 2.26. The molecule has 88 valence electrons. The van der Waals surface area contributed by atoms with E-state index in [1.807, 2.05) is 43.4 Å². The summed E-state index contributed by atoms with van der Waals surface area (Å²) in [4.78, 5) is 11.0. The number of benzene rings is 1. The van der Waals surface area contributed by atoms with Gasteiger partial charge in [0.1, 0.15) is 0 Å². The molecule has 0 unspecified atom stereocenters. The molecule has 0 aliphatic rings. The topological polar surface area (TPSA) is 44.4 Å². The van der Waals surface area contributed by atoms with Crippen LogP contribution < -0.4 is 10.7 Å². The molecule has 0 fully saturated rings. The van der Waals surface area contributed by atoms with Crippen molar-refractivity contribution in [1.29, 1.82) is 0 Å². The summed E-state index contributed by atoms with van der Waals surface area (Å²) < 4.78 is 0. The number of hydrogen-bond acceptors (Lipinski definition) is 3. The SMILES string of the molecule is CNN(C)CCc1ccccc1NC(C)=O. The van der Waals surface area contributed by atoms with Gasteiger partial charge in [-0.3, -0.25) is 10.2 Å². The average molecular weight is 221 g/mol. The number of amides is 1. The number of hydrogen-bond donors (Lipinski definition) is 2. The monoisotopic (exact) mass is 221 g/mol. The molecule has 4 nitrogen and oxygen atoms in total. The first-order valence-corrected chi connectivity index (χ1v) is 5.37. The number of hydrazine groups is 1. The summed E-state index contributed by atoms with van der Waals surface area (Å²) in [6.45, 7) is 2.42. The largest absolute Gasteiger partial charge is 0.326 e. The zero-order chi connectivity index (χ0) is 12.0. The maximum absolute atomic E-state index is 11.0. The summed E-state index contributed by atoms with van der Waals surface area (Å²) in [6.07, 6.45) is 0.897. The fourth-order valence-corrected chi connectivity index (χ4v) is 1.45. The van der Waals surface area contributed by atoms with Crippen molar-refractivity contribution >= 4 is 11.6 Å². The van der Waals surface area contributed by atoms with Gasteiger partial charge in [-0.25, -0.2) is 5.01 Å². The van der Waals surface area contributed by atoms with E-state index in [4.69, 9.17) is 0 Å². The Balaban J connectivity index is 2.67. The van der Waals surface area contributed by atoms with E-state index in [1.54, 1.807) is 0 Å². The minimum atomic E-state index is -0.0329. The predicted molar refractivity (Wildman–Crippen MR) is 66.1 cm³/mol. The summed E-state index contributed by atoms with van der Waals surface area (Å²) >= 11 is 0. The Bertz CT molecular complexity index is 352. The van der Waals surface area contributed by atoms with E-state index in [2.05, 4.69) is 10.7 Å². The van der Waals surface area contributed by atoms with Crippen molar-refractivity contribution in [3.63, 3.8) is 0 Å². The van der Waals surface area contributed by atoms with Crippen LogP contribution in [-0.2, 0) is 11.2 Å². The molecule has 0 bridgehead atoms. The molecule has 0 aromatic heterocycles. The van der Waals surface area contributed by atoms with Crippen LogP contribution in [0.1, 0.15) is 12.5 Å². The fraction of sp³-hybridized carbons (Fsp3) is 0.417. The lowest BCUT2D eigenvalue weighted by Crippen LogP contribution is -2.32. The number of nitrogens with one attached hydrogen (secondary N) is 2. The highest BCUT2D eigenvalue weighted by atomic mass is 16.1. The van der Waals surface area contributed by atoms with Gasteiger partial charge in [0.2, 0.25) is 5.91 Å². The van der Waals surface area contributed by atoms with E-state index >= 15 is 0 Å². The lowest BCUT2D eigenvalue weighted by molar-refractivity contribution is -0.114. The van der Waals surface area contributed by atoms with Gasteiger partial charge < -0.3 is 5.32 Å². The van der Waals surface area contributed by atoms with Gasteiger partial charge in [0.15, 0.2) is 0 Å². The standard InChI is InChI=1S/C12H19N3O/c1-10(16)14-12-7-5-4-6-11(12)8-9-15(3)13-2/h4-7,13H,8-9H2,1-3H3,(H,14,16). The molecule has 0 saturated heterocycles. The Morgan fingerprint density at radius 2 is 2.06 bits per heavy atom. The first kappa shape index (κ1) is 12.7. The molecule has 2 N–H and O–H groups in total. The molecular formula is C12H19N3O. The van der Waals surface area contributed by atoms with Crippen molar-refractivity contribution in [2.45, 2.75) is 13.3 Å². The number of likely N-dealkylation sites (N-methyl/N-ethyl adjacent to an activating group) is 1. The molecule has 4 heteroatoms. The quantitative estimate of drug-likeness (QED) is 0.736. The molecule has 0 radical (unpaired) electrons. The molecule has 1 aromatic carbocycles. The second-order valence-electron chi connectivity index (χ2n) is 3.73. The molecular weight excluding hydrogens is 202 g/mol. The third-order valence-corrected chi connectivity index (χ3v) is 2.43. The lowest BCUT2D eigenvalue weighted by atomic mass is 10.1. The van der Waals surface area contributed by atoms with Gasteiger partial charge in [0.25, 0.3) is 0 Å². The van der Waals surface area contributed by atoms with E-state index in [9.17, 15) is 4.79 Å². The van der Waals surface area contributed by atoms with Crippen LogP contribution in [0, 0.1) is 0 Å². The van der Waals surface area contributed by atoms with Gasteiger partial charge in [-0.1, -0.05) is 18.2 Å². The van der Waals surface area contributed by atoms with E-state index < -0.39 is 0 Å². The summed E-state index contributed by atoms with van der Waals surface area (Å²) in [5, 5.41) is 4.84. The number of carbonyl (C=O) groups is 1. The van der Waals surface area contributed by atoms with Crippen molar-refractivity contribution in [3.05, 3.63) is 29.8 Å². The first-order valence-electron chi connectivity index (χ1n) is 5.37. The number of carbonyl (C=O) groups excluding carboxylic acids is 1. The molecule has 0 heterocycles. The molecule has 16 heavy (non-hydrogen) atoms. The maximum Gasteiger partial charge on any atom is 0.221 e. The molecule has 0 aliphatic heterocycles. The predicted octanol–water partition coefficient (Wildman–Crippen LogP) is 1.25. The Hall–Kier alpha value is -1.39. The number of anilines is 1. The molecule has 0 atom stereocenters. The van der Waals surface area contributed by atoms with Crippen LogP contribution in [0.5, 0.6) is 0 Å². The first-order chi connectivity index (χ1) is 7.63. The number of nitrogens with zero attached hydrogens (tertiary/aromatic N) is 1. The molecule has 1 rings (SSSR count). The van der Waals surface area contributed by atoms with Crippen molar-refractivity contribution in [2.75, 3.05) is 26.0 Å². The smallest absolute Gasteiger partial charge is 0.221 e. The molecule has 1 amide bonds. The van der Waals surface area contributed by atoms with E-state index in [0.717, 1.165) is 24.2 Å². The van der Waals surface area contributed by atoms with Gasteiger partial charge >= 0.3 is 0 Å². The minimum Gasteiger partial charge on any atom is -0.326 e. The zero-order valence-electron chi connectivity index (χ0n) is 10.1. The third-order valence-electron chi connectivity index (χ3n) is 2.43. The van der Waals surface area contributed by atoms with Gasteiger partial charge in [-0.15, -0.1) is 0 Å². The highest BCUT2D eigenvalue weighted by molar-refractivity contribution is 5.89. The Labute approximate surface area is 96.6 Å². The lowest BCUT2D eigenvalue weighted by Gasteiger charge is -2.16. The number of rotatable bonds is 5. The molecule has 0 spiro atoms. The third kappa shape index (κ3) is 4.00. The van der Waals surface area contributed by atoms with Crippen LogP contribution >= 0.6 is 0 Å². The van der Waals surface area contributed by atoms with Crippen LogP contribution in [0.15, 0.2) is 24.3 Å². The van der Waals surface area contributed by atoms with Crippen LogP contribution in [0.2, 0.25) is 0 Å². The highest BCUT2D eigenvalue weighted by Gasteiger charge is 2.03. The van der Waals surface area contributed by atoms with Gasteiger partial charge in [-0.2, -0.15) is 0 Å². The van der Waals surface area contributed by atoms with E-state index in [0.29, 0.717) is 0 Å². The molecule has 1 aromatic rings. The van der Waals surface area contributed by atoms with E-state index in [1.165, 1.54) is 6.92 Å². The van der Waals surface area contributed by atoms with Crippen LogP contribution in [0.4, 0.5) is 5.69 Å². The van der Waals surface area contributed by atoms with Crippen LogP contribution in [-0.4, -0.2) is 31.6 Å². The van der Waals surface area contributed by atoms with Crippen molar-refractivity contribution < 1.29 is 4.79 Å². The van der Waals surface area contributed by atoms with Gasteiger partial charge in [0.05, 0.1) is 0 Å². The second kappa shape index (κ2) is 6.25. The molecule has 0 saturated carbocycles. The Kier molecular flexibility index (Phi) is 4.95. The summed E-state index contributed by atoms with van der Waals surface area (Å²) in [7, 11) is 3.88. The fourth-order valence-electron chi connectivity index (χ4n) is 1.45. The van der Waals surface area contributed by atoms with E-state index in [-0.39, 0.29) is 5.91 Å². The van der Waals surface area contributed by atoms with Crippen molar-refractivity contribution in [1.82, 2.24) is 10.4 Å². The molecule has 0 aliphatic carbocycles. The van der Waals surface area contributed by atoms with Crippen LogP contribution in [0.3, 0.4) is 0 Å². The summed E-state index contributed by atoms with van der Waals surface area (Å²) in [5.74, 6) is -0.0329. The second-order valence-corrected chi connectivity index (χ2v) is 3.73. The number of para-hydroxylation sites is 1. The van der Waals surface area contributed by atoms with Crippen LogP contribution in [0.25, 0.3) is 0 Å². The minimum absolute atomic E-state index is 0.0329. The Morgan fingerprint density at radius 3 is 2.69 bits per heavy atom. The zero-order valence-corrected chi connectivity index (χ0v) is 10.1.